The Morgan fingerprint density at radius 3 is 2.04 bits per heavy atom. The van der Waals surface area contributed by atoms with Crippen LogP contribution in [0.25, 0.3) is 0 Å². The summed E-state index contributed by atoms with van der Waals surface area (Å²) in [7, 11) is 0. The minimum absolute atomic E-state index is 0.259. The molecule has 1 aliphatic heterocycles. The lowest BCUT2D eigenvalue weighted by molar-refractivity contribution is -0.152. The summed E-state index contributed by atoms with van der Waals surface area (Å²) in [5.41, 5.74) is 0.938. The van der Waals surface area contributed by atoms with Crippen LogP contribution >= 0.6 is 0 Å². The number of hydrogen-bond acceptors (Lipinski definition) is 3. The molecule has 1 aliphatic rings. The summed E-state index contributed by atoms with van der Waals surface area (Å²) in [6, 6.07) is 6.35. The van der Waals surface area contributed by atoms with Gasteiger partial charge in [-0.15, -0.1) is 0 Å². The highest BCUT2D eigenvalue weighted by molar-refractivity contribution is 6.34. The third kappa shape index (κ3) is 4.46. The van der Waals surface area contributed by atoms with Gasteiger partial charge in [0.15, 0.2) is 0 Å². The van der Waals surface area contributed by atoms with Crippen LogP contribution in [0.15, 0.2) is 24.3 Å². The van der Waals surface area contributed by atoms with Crippen LogP contribution in [-0.4, -0.2) is 60.9 Å². The predicted octanol–water partition coefficient (Wildman–Crippen LogP) is 2.12. The zero-order valence-corrected chi connectivity index (χ0v) is 14.5. The molecular formula is C18H26FN3O2. The van der Waals surface area contributed by atoms with Crippen molar-refractivity contribution in [1.82, 2.24) is 9.80 Å². The Hall–Kier alpha value is -2.11. The molecule has 24 heavy (non-hydrogen) atoms. The molecule has 0 spiro atoms. The number of rotatable bonds is 5. The molecule has 5 nitrogen and oxygen atoms in total. The normalized spacial score (nSPS) is 14.6. The summed E-state index contributed by atoms with van der Waals surface area (Å²) in [4.78, 5) is 30.2. The third-order valence-electron chi connectivity index (χ3n) is 4.22. The molecule has 0 saturated carbocycles. The molecular weight excluding hydrogens is 309 g/mol. The van der Waals surface area contributed by atoms with E-state index in [1.165, 1.54) is 12.1 Å². The Kier molecular flexibility index (Phi) is 6.58. The molecule has 1 aromatic rings. The maximum absolute atomic E-state index is 13.0. The lowest BCUT2D eigenvalue weighted by Crippen LogP contribution is -2.53. The third-order valence-corrected chi connectivity index (χ3v) is 4.22. The zero-order chi connectivity index (χ0) is 17.5. The van der Waals surface area contributed by atoms with Gasteiger partial charge in [0.05, 0.1) is 0 Å². The minimum atomic E-state index is -0.407. The number of anilines is 1. The molecule has 0 aliphatic carbocycles. The first-order valence-corrected chi connectivity index (χ1v) is 8.65. The SMILES string of the molecule is CCCN(CCC)C(=O)C(=O)N1CCN(c2ccc(F)cc2)CC1. The summed E-state index contributed by atoms with van der Waals surface area (Å²) >= 11 is 0. The maximum Gasteiger partial charge on any atom is 0.312 e. The van der Waals surface area contributed by atoms with Crippen LogP contribution in [0.4, 0.5) is 10.1 Å². The monoisotopic (exact) mass is 335 g/mol. The Morgan fingerprint density at radius 1 is 1.00 bits per heavy atom. The number of carbonyl (C=O) groups is 2. The van der Waals surface area contributed by atoms with Gasteiger partial charge >= 0.3 is 11.8 Å². The summed E-state index contributed by atoms with van der Waals surface area (Å²) in [6.07, 6.45) is 1.69. The molecule has 0 N–H and O–H groups in total. The second-order valence-electron chi connectivity index (χ2n) is 6.05. The van der Waals surface area contributed by atoms with E-state index < -0.39 is 11.8 Å². The van der Waals surface area contributed by atoms with Crippen molar-refractivity contribution in [2.75, 3.05) is 44.2 Å². The van der Waals surface area contributed by atoms with Gasteiger partial charge in [0.1, 0.15) is 5.82 Å². The minimum Gasteiger partial charge on any atom is -0.368 e. The lowest BCUT2D eigenvalue weighted by Gasteiger charge is -2.36. The second kappa shape index (κ2) is 8.66. The summed E-state index contributed by atoms with van der Waals surface area (Å²) < 4.78 is 13.0. The first-order chi connectivity index (χ1) is 11.6. The van der Waals surface area contributed by atoms with Crippen LogP contribution in [0.3, 0.4) is 0 Å². The van der Waals surface area contributed by atoms with Crippen LogP contribution in [0, 0.1) is 5.82 Å². The Balaban J connectivity index is 1.91. The number of hydrogen-bond donors (Lipinski definition) is 0. The van der Waals surface area contributed by atoms with E-state index in [1.54, 1.807) is 21.9 Å². The van der Waals surface area contributed by atoms with Crippen LogP contribution in [0.1, 0.15) is 26.7 Å². The van der Waals surface area contributed by atoms with Crippen LogP contribution in [-0.2, 0) is 9.59 Å². The standard InChI is InChI=1S/C18H26FN3O2/c1-3-9-21(10-4-2)17(23)18(24)22-13-11-20(12-14-22)16-7-5-15(19)6-8-16/h5-8H,3-4,9-14H2,1-2H3. The molecule has 132 valence electrons. The number of amides is 2. The van der Waals surface area contributed by atoms with Gasteiger partial charge in [0.2, 0.25) is 0 Å². The first-order valence-electron chi connectivity index (χ1n) is 8.65. The van der Waals surface area contributed by atoms with Crippen molar-refractivity contribution in [2.24, 2.45) is 0 Å². The average molecular weight is 335 g/mol. The second-order valence-corrected chi connectivity index (χ2v) is 6.05. The highest BCUT2D eigenvalue weighted by Gasteiger charge is 2.29. The predicted molar refractivity (Wildman–Crippen MR) is 92.4 cm³/mol. The van der Waals surface area contributed by atoms with Gasteiger partial charge < -0.3 is 14.7 Å². The van der Waals surface area contributed by atoms with Crippen molar-refractivity contribution in [3.8, 4) is 0 Å². The van der Waals surface area contributed by atoms with Gasteiger partial charge in [-0.3, -0.25) is 9.59 Å². The lowest BCUT2D eigenvalue weighted by atomic mass is 10.2. The van der Waals surface area contributed by atoms with Crippen molar-refractivity contribution < 1.29 is 14.0 Å². The van der Waals surface area contributed by atoms with Gasteiger partial charge in [-0.1, -0.05) is 13.8 Å². The van der Waals surface area contributed by atoms with E-state index in [2.05, 4.69) is 4.90 Å². The van der Waals surface area contributed by atoms with E-state index >= 15 is 0 Å². The van der Waals surface area contributed by atoms with Crippen LogP contribution < -0.4 is 4.90 Å². The topological polar surface area (TPSA) is 43.9 Å². The molecule has 0 unspecified atom stereocenters. The van der Waals surface area contributed by atoms with E-state index in [9.17, 15) is 14.0 Å². The van der Waals surface area contributed by atoms with Gasteiger partial charge in [0.25, 0.3) is 0 Å². The van der Waals surface area contributed by atoms with Crippen LogP contribution in [0.5, 0.6) is 0 Å². The molecule has 2 rings (SSSR count). The highest BCUT2D eigenvalue weighted by atomic mass is 19.1. The summed E-state index contributed by atoms with van der Waals surface area (Å²) in [6.45, 7) is 7.55. The van der Waals surface area contributed by atoms with E-state index in [0.717, 1.165) is 18.5 Å². The number of carbonyl (C=O) groups excluding carboxylic acids is 2. The molecule has 1 aromatic carbocycles. The van der Waals surface area contributed by atoms with Gasteiger partial charge in [0, 0.05) is 45.0 Å². The van der Waals surface area contributed by atoms with Crippen molar-refractivity contribution in [3.05, 3.63) is 30.1 Å². The van der Waals surface area contributed by atoms with Crippen molar-refractivity contribution in [3.63, 3.8) is 0 Å². The molecule has 6 heteroatoms. The highest BCUT2D eigenvalue weighted by Crippen LogP contribution is 2.17. The molecule has 0 radical (unpaired) electrons. The zero-order valence-electron chi connectivity index (χ0n) is 14.5. The largest absolute Gasteiger partial charge is 0.368 e. The molecule has 0 aromatic heterocycles. The Morgan fingerprint density at radius 2 is 1.54 bits per heavy atom. The van der Waals surface area contributed by atoms with Crippen molar-refractivity contribution in [1.29, 1.82) is 0 Å². The molecule has 0 atom stereocenters. The fourth-order valence-electron chi connectivity index (χ4n) is 2.94. The molecule has 1 heterocycles. The number of halogens is 1. The quantitative estimate of drug-likeness (QED) is 0.774. The maximum atomic E-state index is 13.0. The first kappa shape index (κ1) is 18.2. The van der Waals surface area contributed by atoms with Gasteiger partial charge in [-0.2, -0.15) is 0 Å². The Bertz CT molecular complexity index is 548. The number of piperazine rings is 1. The number of nitrogens with zero attached hydrogens (tertiary/aromatic N) is 3. The number of benzene rings is 1. The summed E-state index contributed by atoms with van der Waals surface area (Å²) in [5.74, 6) is -1.06. The van der Waals surface area contributed by atoms with E-state index in [0.29, 0.717) is 39.3 Å². The summed E-state index contributed by atoms with van der Waals surface area (Å²) in [5, 5.41) is 0. The Labute approximate surface area is 143 Å². The molecule has 1 fully saturated rings. The fourth-order valence-corrected chi connectivity index (χ4v) is 2.94. The van der Waals surface area contributed by atoms with Crippen LogP contribution in [0.2, 0.25) is 0 Å². The smallest absolute Gasteiger partial charge is 0.312 e. The van der Waals surface area contributed by atoms with E-state index in [4.69, 9.17) is 0 Å². The van der Waals surface area contributed by atoms with Crippen molar-refractivity contribution >= 4 is 17.5 Å². The molecule has 0 bridgehead atoms. The van der Waals surface area contributed by atoms with E-state index in [-0.39, 0.29) is 5.82 Å². The van der Waals surface area contributed by atoms with E-state index in [1.807, 2.05) is 13.8 Å². The molecule has 2 amide bonds. The fraction of sp³-hybridized carbons (Fsp3) is 0.556. The molecule has 1 saturated heterocycles. The van der Waals surface area contributed by atoms with Gasteiger partial charge in [-0.05, 0) is 37.1 Å². The van der Waals surface area contributed by atoms with Gasteiger partial charge in [-0.25, -0.2) is 4.39 Å². The average Bonchev–Trinajstić information content (AvgIpc) is 2.61. The van der Waals surface area contributed by atoms with Crippen molar-refractivity contribution in [2.45, 2.75) is 26.7 Å².